The van der Waals surface area contributed by atoms with E-state index in [0.717, 1.165) is 12.0 Å². The Hall–Kier alpha value is -0.340. The Morgan fingerprint density at radius 1 is 1.15 bits per heavy atom. The molecule has 0 heterocycles. The van der Waals surface area contributed by atoms with Crippen LogP contribution in [-0.2, 0) is 9.47 Å². The van der Waals surface area contributed by atoms with Crippen LogP contribution in [0.5, 0.6) is 0 Å². The van der Waals surface area contributed by atoms with Gasteiger partial charge in [-0.15, -0.1) is 0 Å². The maximum atomic E-state index is 5.45. The molecule has 0 fully saturated rings. The number of hydrogen-bond donors (Lipinski definition) is 0. The molecule has 0 aliphatic heterocycles. The van der Waals surface area contributed by atoms with Crippen molar-refractivity contribution in [2.24, 2.45) is 5.92 Å². The molecule has 0 spiro atoms. The summed E-state index contributed by atoms with van der Waals surface area (Å²) in [5.74, 6) is 0.461. The van der Waals surface area contributed by atoms with Crippen molar-refractivity contribution in [2.45, 2.75) is 40.4 Å². The molecular formula is C11H22O2. The zero-order chi connectivity index (χ0) is 10.3. The molecule has 0 aliphatic carbocycles. The maximum Gasteiger partial charge on any atom is 0.179 e. The predicted octanol–water partition coefficient (Wildman–Crippen LogP) is 2.99. The van der Waals surface area contributed by atoms with Gasteiger partial charge in [0.05, 0.1) is 0 Å². The Morgan fingerprint density at radius 3 is 1.92 bits per heavy atom. The lowest BCUT2D eigenvalue weighted by Gasteiger charge is -2.23. The van der Waals surface area contributed by atoms with Gasteiger partial charge in [-0.05, 0) is 31.8 Å². The van der Waals surface area contributed by atoms with Gasteiger partial charge in [0.15, 0.2) is 6.29 Å². The van der Waals surface area contributed by atoms with E-state index in [2.05, 4.69) is 20.4 Å². The molecule has 0 N–H and O–H groups in total. The molecule has 0 saturated carbocycles. The molecule has 0 rings (SSSR count). The van der Waals surface area contributed by atoms with E-state index in [1.165, 1.54) is 0 Å². The van der Waals surface area contributed by atoms with Crippen LogP contribution in [0.2, 0.25) is 0 Å². The molecular weight excluding hydrogens is 164 g/mol. The third-order valence-corrected chi connectivity index (χ3v) is 2.18. The van der Waals surface area contributed by atoms with Crippen molar-refractivity contribution < 1.29 is 9.47 Å². The van der Waals surface area contributed by atoms with Crippen LogP contribution >= 0.6 is 0 Å². The first-order chi connectivity index (χ1) is 6.17. The standard InChI is InChI=1S/C11H22O2/c1-6-9(4)10(5)11(12-7-2)13-8-3/h9,11H,5-8H2,1-4H3/t9-/m1/s1. The number of hydrogen-bond acceptors (Lipinski definition) is 2. The topological polar surface area (TPSA) is 18.5 Å². The van der Waals surface area contributed by atoms with Gasteiger partial charge in [-0.1, -0.05) is 20.4 Å². The first kappa shape index (κ1) is 12.7. The highest BCUT2D eigenvalue weighted by Crippen LogP contribution is 2.19. The molecule has 1 atom stereocenters. The Balaban J connectivity index is 4.09. The van der Waals surface area contributed by atoms with Gasteiger partial charge in [-0.3, -0.25) is 0 Å². The van der Waals surface area contributed by atoms with Crippen LogP contribution in [0.1, 0.15) is 34.1 Å². The van der Waals surface area contributed by atoms with Crippen LogP contribution in [0.25, 0.3) is 0 Å². The lowest BCUT2D eigenvalue weighted by molar-refractivity contribution is -0.115. The third kappa shape index (κ3) is 4.44. The summed E-state index contributed by atoms with van der Waals surface area (Å²) in [4.78, 5) is 0. The van der Waals surface area contributed by atoms with Crippen molar-refractivity contribution in [2.75, 3.05) is 13.2 Å². The molecule has 0 bridgehead atoms. The summed E-state index contributed by atoms with van der Waals surface area (Å²) in [6.07, 6.45) is 0.861. The van der Waals surface area contributed by atoms with E-state index >= 15 is 0 Å². The molecule has 0 amide bonds. The summed E-state index contributed by atoms with van der Waals surface area (Å²) in [6.45, 7) is 13.6. The molecule has 0 unspecified atom stereocenters. The fourth-order valence-corrected chi connectivity index (χ4v) is 1.06. The molecule has 0 aliphatic rings. The van der Waals surface area contributed by atoms with Gasteiger partial charge < -0.3 is 9.47 Å². The molecule has 0 radical (unpaired) electrons. The zero-order valence-corrected chi connectivity index (χ0v) is 9.30. The zero-order valence-electron chi connectivity index (χ0n) is 9.30. The SMILES string of the molecule is C=C(C(OCC)OCC)[C@H](C)CC. The first-order valence-electron chi connectivity index (χ1n) is 5.09. The smallest absolute Gasteiger partial charge is 0.179 e. The van der Waals surface area contributed by atoms with Gasteiger partial charge >= 0.3 is 0 Å². The fourth-order valence-electron chi connectivity index (χ4n) is 1.06. The molecule has 0 saturated heterocycles. The van der Waals surface area contributed by atoms with Gasteiger partial charge in [0.25, 0.3) is 0 Å². The predicted molar refractivity (Wildman–Crippen MR) is 55.6 cm³/mol. The average Bonchev–Trinajstić information content (AvgIpc) is 2.15. The van der Waals surface area contributed by atoms with E-state index in [0.29, 0.717) is 19.1 Å². The summed E-state index contributed by atoms with van der Waals surface area (Å²) in [6, 6.07) is 0. The first-order valence-corrected chi connectivity index (χ1v) is 5.09. The van der Waals surface area contributed by atoms with Crippen LogP contribution in [0.4, 0.5) is 0 Å². The highest BCUT2D eigenvalue weighted by molar-refractivity contribution is 5.02. The largest absolute Gasteiger partial charge is 0.349 e. The Morgan fingerprint density at radius 2 is 1.62 bits per heavy atom. The lowest BCUT2D eigenvalue weighted by atomic mass is 10.00. The second kappa shape index (κ2) is 7.10. The Bertz CT molecular complexity index is 137. The lowest BCUT2D eigenvalue weighted by Crippen LogP contribution is -2.22. The summed E-state index contributed by atoms with van der Waals surface area (Å²) < 4.78 is 10.9. The molecule has 0 aromatic carbocycles. The minimum absolute atomic E-state index is 0.218. The van der Waals surface area contributed by atoms with E-state index in [9.17, 15) is 0 Å². The van der Waals surface area contributed by atoms with Crippen LogP contribution in [0.15, 0.2) is 12.2 Å². The minimum atomic E-state index is -0.218. The van der Waals surface area contributed by atoms with E-state index in [-0.39, 0.29) is 6.29 Å². The molecule has 78 valence electrons. The van der Waals surface area contributed by atoms with E-state index in [1.807, 2.05) is 13.8 Å². The van der Waals surface area contributed by atoms with E-state index in [1.54, 1.807) is 0 Å². The van der Waals surface area contributed by atoms with Crippen molar-refractivity contribution in [3.8, 4) is 0 Å². The maximum absolute atomic E-state index is 5.45. The van der Waals surface area contributed by atoms with Crippen molar-refractivity contribution in [3.63, 3.8) is 0 Å². The molecule has 2 heteroatoms. The second-order valence-corrected chi connectivity index (χ2v) is 3.13. The highest BCUT2D eigenvalue weighted by atomic mass is 16.7. The number of ether oxygens (including phenoxy) is 2. The highest BCUT2D eigenvalue weighted by Gasteiger charge is 2.16. The molecule has 0 aromatic heterocycles. The molecule has 2 nitrogen and oxygen atoms in total. The normalized spacial score (nSPS) is 13.3. The van der Waals surface area contributed by atoms with Crippen molar-refractivity contribution in [1.82, 2.24) is 0 Å². The van der Waals surface area contributed by atoms with Crippen LogP contribution in [0.3, 0.4) is 0 Å². The average molecular weight is 186 g/mol. The van der Waals surface area contributed by atoms with Gasteiger partial charge in [-0.2, -0.15) is 0 Å². The van der Waals surface area contributed by atoms with Crippen LogP contribution < -0.4 is 0 Å². The molecule has 13 heavy (non-hydrogen) atoms. The monoisotopic (exact) mass is 186 g/mol. The molecule has 0 aromatic rings. The van der Waals surface area contributed by atoms with Gasteiger partial charge in [0.2, 0.25) is 0 Å². The van der Waals surface area contributed by atoms with Crippen molar-refractivity contribution in [1.29, 1.82) is 0 Å². The van der Waals surface area contributed by atoms with Crippen molar-refractivity contribution in [3.05, 3.63) is 12.2 Å². The van der Waals surface area contributed by atoms with Gasteiger partial charge in [0.1, 0.15) is 0 Å². The fraction of sp³-hybridized carbons (Fsp3) is 0.818. The van der Waals surface area contributed by atoms with Crippen molar-refractivity contribution >= 4 is 0 Å². The second-order valence-electron chi connectivity index (χ2n) is 3.13. The Kier molecular flexibility index (Phi) is 6.92. The van der Waals surface area contributed by atoms with Gasteiger partial charge in [0, 0.05) is 13.2 Å². The summed E-state index contributed by atoms with van der Waals surface area (Å²) >= 11 is 0. The summed E-state index contributed by atoms with van der Waals surface area (Å²) in [5, 5.41) is 0. The van der Waals surface area contributed by atoms with Gasteiger partial charge in [-0.25, -0.2) is 0 Å². The summed E-state index contributed by atoms with van der Waals surface area (Å²) in [5.41, 5.74) is 1.05. The quantitative estimate of drug-likeness (QED) is 0.449. The van der Waals surface area contributed by atoms with E-state index in [4.69, 9.17) is 9.47 Å². The summed E-state index contributed by atoms with van der Waals surface area (Å²) in [7, 11) is 0. The van der Waals surface area contributed by atoms with E-state index < -0.39 is 0 Å². The third-order valence-electron chi connectivity index (χ3n) is 2.18. The minimum Gasteiger partial charge on any atom is -0.349 e. The van der Waals surface area contributed by atoms with Crippen LogP contribution in [0, 0.1) is 5.92 Å². The number of rotatable bonds is 7. The Labute approximate surface area is 81.9 Å². The van der Waals surface area contributed by atoms with Crippen LogP contribution in [-0.4, -0.2) is 19.5 Å².